The molecule has 0 fully saturated rings. The molecule has 1 aromatic carbocycles. The predicted octanol–water partition coefficient (Wildman–Crippen LogP) is 3.52. The first kappa shape index (κ1) is 8.31. The van der Waals surface area contributed by atoms with Gasteiger partial charge in [-0.25, -0.2) is 0 Å². The Morgan fingerprint density at radius 1 is 0.923 bits per heavy atom. The molecule has 0 aromatic heterocycles. The summed E-state index contributed by atoms with van der Waals surface area (Å²) in [6.07, 6.45) is 8.65. The summed E-state index contributed by atoms with van der Waals surface area (Å²) in [7, 11) is 0. The van der Waals surface area contributed by atoms with Crippen LogP contribution >= 0.6 is 0 Å². The summed E-state index contributed by atoms with van der Waals surface area (Å²) in [6.45, 7) is 4.24. The van der Waals surface area contributed by atoms with Crippen molar-refractivity contribution >= 4 is 6.08 Å². The molecule has 0 atom stereocenters. The summed E-state index contributed by atoms with van der Waals surface area (Å²) in [5, 5.41) is 0. The van der Waals surface area contributed by atoms with Gasteiger partial charge in [-0.05, 0) is 25.0 Å². The molecule has 2 rings (SSSR count). The van der Waals surface area contributed by atoms with Gasteiger partial charge < -0.3 is 0 Å². The van der Waals surface area contributed by atoms with E-state index >= 15 is 0 Å². The summed E-state index contributed by atoms with van der Waals surface area (Å²) < 4.78 is 0. The fraction of sp³-hybridized carbons (Fsp3) is 0.154. The quantitative estimate of drug-likeness (QED) is 0.557. The van der Waals surface area contributed by atoms with E-state index in [-0.39, 0.29) is 0 Å². The minimum absolute atomic E-state index is 1.30. The normalized spacial score (nSPS) is 14.8. The third kappa shape index (κ3) is 1.72. The first-order valence-electron chi connectivity index (χ1n) is 4.56. The Morgan fingerprint density at radius 3 is 2.62 bits per heavy atom. The molecule has 1 aromatic rings. The lowest BCUT2D eigenvalue weighted by Gasteiger charge is -2.02. The zero-order valence-electron chi connectivity index (χ0n) is 8.04. The highest BCUT2D eigenvalue weighted by Crippen LogP contribution is 2.20. The zero-order chi connectivity index (χ0) is 9.26. The standard InChI is InChI=1S/C13H13/c1-10-3-6-12-7-5-11(2)9-13(12)8-4-10/h3-9H,1-2H3. The van der Waals surface area contributed by atoms with E-state index in [0.29, 0.717) is 0 Å². The van der Waals surface area contributed by atoms with E-state index in [4.69, 9.17) is 0 Å². The fourth-order valence-corrected chi connectivity index (χ4v) is 1.49. The monoisotopic (exact) mass is 169 g/mol. The van der Waals surface area contributed by atoms with Gasteiger partial charge >= 0.3 is 0 Å². The molecule has 0 aliphatic heterocycles. The van der Waals surface area contributed by atoms with Crippen molar-refractivity contribution in [1.29, 1.82) is 0 Å². The van der Waals surface area contributed by atoms with Crippen LogP contribution in [0.4, 0.5) is 0 Å². The summed E-state index contributed by atoms with van der Waals surface area (Å²) in [5.74, 6) is 0. The molecule has 0 heteroatoms. The van der Waals surface area contributed by atoms with Crippen LogP contribution in [0, 0.1) is 13.3 Å². The maximum atomic E-state index is 2.22. The number of hydrogen-bond donors (Lipinski definition) is 0. The Morgan fingerprint density at radius 2 is 1.77 bits per heavy atom. The highest BCUT2D eigenvalue weighted by atomic mass is 14.1. The second kappa shape index (κ2) is 3.21. The minimum atomic E-state index is 1.30. The van der Waals surface area contributed by atoms with E-state index < -0.39 is 0 Å². The summed E-state index contributed by atoms with van der Waals surface area (Å²) >= 11 is 0. The second-order valence-electron chi connectivity index (χ2n) is 3.54. The van der Waals surface area contributed by atoms with Crippen LogP contribution in [0.1, 0.15) is 23.6 Å². The Balaban J connectivity index is 2.49. The highest BCUT2D eigenvalue weighted by Gasteiger charge is 2.01. The van der Waals surface area contributed by atoms with Gasteiger partial charge in [0, 0.05) is 6.42 Å². The molecule has 0 saturated carbocycles. The maximum Gasteiger partial charge on any atom is 0.0134 e. The number of aryl methyl sites for hydroxylation is 1. The van der Waals surface area contributed by atoms with Crippen LogP contribution in [0.2, 0.25) is 0 Å². The summed E-state index contributed by atoms with van der Waals surface area (Å²) in [6, 6.07) is 6.54. The Hall–Kier alpha value is -1.30. The highest BCUT2D eigenvalue weighted by molar-refractivity contribution is 5.62. The molecule has 1 aliphatic rings. The van der Waals surface area contributed by atoms with E-state index in [0.717, 1.165) is 0 Å². The first-order chi connectivity index (χ1) is 6.25. The molecule has 1 radical (unpaired) electrons. The number of fused-ring (bicyclic) bond motifs is 1. The van der Waals surface area contributed by atoms with Crippen molar-refractivity contribution in [3.8, 4) is 0 Å². The van der Waals surface area contributed by atoms with Crippen molar-refractivity contribution in [3.63, 3.8) is 0 Å². The van der Waals surface area contributed by atoms with E-state index in [1.807, 2.05) is 0 Å². The molecule has 0 N–H and O–H groups in total. The second-order valence-corrected chi connectivity index (χ2v) is 3.54. The number of benzene rings is 1. The van der Waals surface area contributed by atoms with Gasteiger partial charge in [0.2, 0.25) is 0 Å². The Labute approximate surface area is 79.6 Å². The van der Waals surface area contributed by atoms with Gasteiger partial charge in [-0.2, -0.15) is 0 Å². The molecular weight excluding hydrogens is 156 g/mol. The molecular formula is C13H13. The van der Waals surface area contributed by atoms with E-state index in [1.54, 1.807) is 0 Å². The van der Waals surface area contributed by atoms with Gasteiger partial charge in [0.15, 0.2) is 0 Å². The Kier molecular flexibility index (Phi) is 2.05. The lowest BCUT2D eigenvalue weighted by Crippen LogP contribution is -1.84. The van der Waals surface area contributed by atoms with Crippen molar-refractivity contribution in [2.45, 2.75) is 13.8 Å². The predicted molar refractivity (Wildman–Crippen MR) is 57.4 cm³/mol. The number of hydrogen-bond acceptors (Lipinski definition) is 0. The molecule has 13 heavy (non-hydrogen) atoms. The molecule has 65 valence electrons. The van der Waals surface area contributed by atoms with E-state index in [9.17, 15) is 0 Å². The first-order valence-corrected chi connectivity index (χ1v) is 4.56. The SMILES string of the molecule is CC1=C[CH]c2cc(C)ccc2C=C1. The molecule has 0 heterocycles. The van der Waals surface area contributed by atoms with Crippen LogP contribution in [-0.4, -0.2) is 0 Å². The van der Waals surface area contributed by atoms with Gasteiger partial charge in [-0.1, -0.05) is 47.6 Å². The van der Waals surface area contributed by atoms with Gasteiger partial charge in [-0.3, -0.25) is 0 Å². The molecule has 1 aliphatic carbocycles. The van der Waals surface area contributed by atoms with Gasteiger partial charge in [0.25, 0.3) is 0 Å². The minimum Gasteiger partial charge on any atom is -0.0731 e. The van der Waals surface area contributed by atoms with Crippen LogP contribution < -0.4 is 0 Å². The average molecular weight is 169 g/mol. The molecule has 0 nitrogen and oxygen atoms in total. The molecule has 0 saturated heterocycles. The molecule has 0 bridgehead atoms. The third-order valence-corrected chi connectivity index (χ3v) is 2.29. The number of rotatable bonds is 0. The van der Waals surface area contributed by atoms with Crippen molar-refractivity contribution in [2.75, 3.05) is 0 Å². The topological polar surface area (TPSA) is 0 Å². The van der Waals surface area contributed by atoms with Crippen LogP contribution in [0.3, 0.4) is 0 Å². The van der Waals surface area contributed by atoms with Crippen molar-refractivity contribution < 1.29 is 0 Å². The van der Waals surface area contributed by atoms with Crippen molar-refractivity contribution in [1.82, 2.24) is 0 Å². The number of allylic oxidation sites excluding steroid dienone is 3. The lowest BCUT2D eigenvalue weighted by atomic mass is 10.0. The molecule has 0 unspecified atom stereocenters. The van der Waals surface area contributed by atoms with Gasteiger partial charge in [0.05, 0.1) is 0 Å². The largest absolute Gasteiger partial charge is 0.0731 e. The van der Waals surface area contributed by atoms with Crippen molar-refractivity contribution in [3.05, 3.63) is 59.0 Å². The third-order valence-electron chi connectivity index (χ3n) is 2.29. The van der Waals surface area contributed by atoms with E-state index in [1.165, 1.54) is 22.3 Å². The molecule has 0 spiro atoms. The van der Waals surface area contributed by atoms with Crippen LogP contribution in [-0.2, 0) is 0 Å². The van der Waals surface area contributed by atoms with Gasteiger partial charge in [0.1, 0.15) is 0 Å². The Bertz CT molecular complexity index is 381. The van der Waals surface area contributed by atoms with Gasteiger partial charge in [-0.15, -0.1) is 0 Å². The van der Waals surface area contributed by atoms with Crippen LogP contribution in [0.5, 0.6) is 0 Å². The summed E-state index contributed by atoms with van der Waals surface area (Å²) in [5.41, 5.74) is 5.23. The maximum absolute atomic E-state index is 2.22. The van der Waals surface area contributed by atoms with Crippen LogP contribution in [0.25, 0.3) is 6.08 Å². The summed E-state index contributed by atoms with van der Waals surface area (Å²) in [4.78, 5) is 0. The van der Waals surface area contributed by atoms with Crippen LogP contribution in [0.15, 0.2) is 35.9 Å². The molecule has 0 amide bonds. The average Bonchev–Trinajstić information content (AvgIpc) is 2.29. The fourth-order valence-electron chi connectivity index (χ4n) is 1.49. The zero-order valence-corrected chi connectivity index (χ0v) is 8.04. The smallest absolute Gasteiger partial charge is 0.0134 e. The lowest BCUT2D eigenvalue weighted by molar-refractivity contribution is 1.39. The van der Waals surface area contributed by atoms with E-state index in [2.05, 4.69) is 56.7 Å². The van der Waals surface area contributed by atoms with Crippen molar-refractivity contribution in [2.24, 2.45) is 0 Å².